The lowest BCUT2D eigenvalue weighted by atomic mass is 10.0. The van der Waals surface area contributed by atoms with Gasteiger partial charge in [-0.15, -0.1) is 0 Å². The summed E-state index contributed by atoms with van der Waals surface area (Å²) in [6.45, 7) is 3.88. The van der Waals surface area contributed by atoms with Crippen molar-refractivity contribution in [2.24, 2.45) is 28.1 Å². The molecule has 0 fully saturated rings. The van der Waals surface area contributed by atoms with Gasteiger partial charge in [0.1, 0.15) is 18.1 Å². The van der Waals surface area contributed by atoms with Crippen LogP contribution in [0.4, 0.5) is 0 Å². The molecule has 4 atom stereocenters. The van der Waals surface area contributed by atoms with Crippen LogP contribution in [0.15, 0.2) is 17.5 Å². The standard InChI is InChI=1S/C23H39N9O7/c1-12(2)8-16(20(36)30-15(22(38)39)5-6-18(33)34)32-21(37)17(9-13-10-27-11-29-13)31-19(35)14(24)4-3-7-28-23(25)26/h10-12,14-17H,3-9,24H2,1-2H3,(H,27,29)(H,30,36)(H,31,35)(H,32,37)(H,33,34)(H,38,39)(H4,25,26,28). The van der Waals surface area contributed by atoms with Crippen molar-refractivity contribution in [2.75, 3.05) is 6.54 Å². The van der Waals surface area contributed by atoms with E-state index in [-0.39, 0.29) is 44.1 Å². The van der Waals surface area contributed by atoms with Crippen LogP contribution in [-0.2, 0) is 30.4 Å². The molecule has 0 aliphatic rings. The van der Waals surface area contributed by atoms with E-state index in [1.54, 1.807) is 13.8 Å². The van der Waals surface area contributed by atoms with E-state index < -0.39 is 60.2 Å². The largest absolute Gasteiger partial charge is 0.481 e. The predicted molar refractivity (Wildman–Crippen MR) is 140 cm³/mol. The zero-order valence-electron chi connectivity index (χ0n) is 22.1. The summed E-state index contributed by atoms with van der Waals surface area (Å²) in [4.78, 5) is 71.9. The first kappa shape index (κ1) is 32.8. The number of carbonyl (C=O) groups excluding carboxylic acids is 3. The lowest BCUT2D eigenvalue weighted by Crippen LogP contribution is -2.57. The predicted octanol–water partition coefficient (Wildman–Crippen LogP) is -2.22. The first-order valence-corrected chi connectivity index (χ1v) is 12.4. The normalized spacial score (nSPS) is 13.9. The number of carboxylic acids is 2. The van der Waals surface area contributed by atoms with Gasteiger partial charge in [-0.2, -0.15) is 0 Å². The van der Waals surface area contributed by atoms with E-state index in [4.69, 9.17) is 22.3 Å². The van der Waals surface area contributed by atoms with Crippen LogP contribution >= 0.6 is 0 Å². The number of aliphatic carboxylic acids is 2. The zero-order chi connectivity index (χ0) is 29.5. The van der Waals surface area contributed by atoms with E-state index in [2.05, 4.69) is 30.9 Å². The molecule has 39 heavy (non-hydrogen) atoms. The summed E-state index contributed by atoms with van der Waals surface area (Å²) >= 11 is 0. The lowest BCUT2D eigenvalue weighted by molar-refractivity contribution is -0.143. The molecule has 0 saturated carbocycles. The van der Waals surface area contributed by atoms with E-state index in [1.807, 2.05) is 0 Å². The maximum atomic E-state index is 13.3. The second-order valence-electron chi connectivity index (χ2n) is 9.42. The molecule has 0 aliphatic carbocycles. The fourth-order valence-electron chi connectivity index (χ4n) is 3.53. The number of carboxylic acid groups (broad SMARTS) is 2. The highest BCUT2D eigenvalue weighted by molar-refractivity contribution is 5.94. The minimum Gasteiger partial charge on any atom is -0.481 e. The van der Waals surface area contributed by atoms with Gasteiger partial charge in [0, 0.05) is 31.3 Å². The van der Waals surface area contributed by atoms with Gasteiger partial charge >= 0.3 is 11.9 Å². The molecular weight excluding hydrogens is 514 g/mol. The molecule has 0 aromatic carbocycles. The fraction of sp³-hybridized carbons (Fsp3) is 0.609. The topological polar surface area (TPSA) is 281 Å². The number of H-pyrrole nitrogens is 1. The molecule has 1 heterocycles. The Hall–Kier alpha value is -4.21. The molecule has 12 N–H and O–H groups in total. The summed E-state index contributed by atoms with van der Waals surface area (Å²) in [7, 11) is 0. The number of aliphatic imine (C=N–C) groups is 1. The van der Waals surface area contributed by atoms with Crippen LogP contribution in [0.3, 0.4) is 0 Å². The number of aromatic nitrogens is 2. The number of imidazole rings is 1. The summed E-state index contributed by atoms with van der Waals surface area (Å²) in [6, 6.07) is -4.72. The summed E-state index contributed by atoms with van der Waals surface area (Å²) in [5.41, 5.74) is 17.0. The number of nitrogens with two attached hydrogens (primary N) is 3. The number of guanidine groups is 1. The van der Waals surface area contributed by atoms with Crippen LogP contribution in [0, 0.1) is 5.92 Å². The number of hydrogen-bond acceptors (Lipinski definition) is 8. The molecule has 0 aliphatic heterocycles. The molecule has 0 spiro atoms. The third-order valence-electron chi connectivity index (χ3n) is 5.52. The van der Waals surface area contributed by atoms with E-state index in [0.717, 1.165) is 0 Å². The maximum Gasteiger partial charge on any atom is 0.326 e. The quantitative estimate of drug-likeness (QED) is 0.0533. The van der Waals surface area contributed by atoms with Crippen molar-refractivity contribution in [1.29, 1.82) is 0 Å². The summed E-state index contributed by atoms with van der Waals surface area (Å²) in [5.74, 6) is -4.89. The van der Waals surface area contributed by atoms with Gasteiger partial charge < -0.3 is 48.3 Å². The van der Waals surface area contributed by atoms with Gasteiger partial charge in [-0.1, -0.05) is 13.8 Å². The van der Waals surface area contributed by atoms with Gasteiger partial charge in [0.2, 0.25) is 17.7 Å². The molecule has 0 bridgehead atoms. The highest BCUT2D eigenvalue weighted by atomic mass is 16.4. The van der Waals surface area contributed by atoms with Gasteiger partial charge in [0.15, 0.2) is 5.96 Å². The first-order chi connectivity index (χ1) is 18.3. The average Bonchev–Trinajstić information content (AvgIpc) is 3.35. The highest BCUT2D eigenvalue weighted by Gasteiger charge is 2.31. The van der Waals surface area contributed by atoms with Crippen molar-refractivity contribution in [2.45, 2.75) is 76.5 Å². The number of nitrogens with one attached hydrogen (secondary N) is 4. The number of nitrogens with zero attached hydrogens (tertiary/aromatic N) is 2. The SMILES string of the molecule is CC(C)CC(NC(=O)C(Cc1cnc[nH]1)NC(=O)C(N)CCCN=C(N)N)C(=O)NC(CCC(=O)O)C(=O)O. The van der Waals surface area contributed by atoms with Gasteiger partial charge in [-0.25, -0.2) is 9.78 Å². The molecule has 16 heteroatoms. The van der Waals surface area contributed by atoms with Crippen molar-refractivity contribution in [3.63, 3.8) is 0 Å². The zero-order valence-corrected chi connectivity index (χ0v) is 22.1. The van der Waals surface area contributed by atoms with Crippen LogP contribution in [-0.4, -0.2) is 86.5 Å². The van der Waals surface area contributed by atoms with Crippen LogP contribution in [0.1, 0.15) is 51.6 Å². The van der Waals surface area contributed by atoms with Gasteiger partial charge in [0.25, 0.3) is 0 Å². The Morgan fingerprint density at radius 1 is 0.974 bits per heavy atom. The molecule has 1 rings (SSSR count). The second kappa shape index (κ2) is 16.6. The monoisotopic (exact) mass is 553 g/mol. The first-order valence-electron chi connectivity index (χ1n) is 12.4. The summed E-state index contributed by atoms with van der Waals surface area (Å²) < 4.78 is 0. The Bertz CT molecular complexity index is 994. The van der Waals surface area contributed by atoms with Crippen LogP contribution in [0.2, 0.25) is 0 Å². The Morgan fingerprint density at radius 2 is 1.59 bits per heavy atom. The highest BCUT2D eigenvalue weighted by Crippen LogP contribution is 2.09. The number of aromatic amines is 1. The molecule has 16 nitrogen and oxygen atoms in total. The lowest BCUT2D eigenvalue weighted by Gasteiger charge is -2.26. The van der Waals surface area contributed by atoms with Crippen molar-refractivity contribution in [1.82, 2.24) is 25.9 Å². The number of carbonyl (C=O) groups is 5. The molecule has 1 aromatic rings. The Balaban J connectivity index is 3.00. The Kier molecular flexibility index (Phi) is 14.0. The molecule has 4 unspecified atom stereocenters. The molecule has 0 saturated heterocycles. The van der Waals surface area contributed by atoms with Crippen molar-refractivity contribution in [3.05, 3.63) is 18.2 Å². The number of amides is 3. The third kappa shape index (κ3) is 13.2. The van der Waals surface area contributed by atoms with Crippen LogP contribution < -0.4 is 33.2 Å². The van der Waals surface area contributed by atoms with Gasteiger partial charge in [0.05, 0.1) is 12.4 Å². The van der Waals surface area contributed by atoms with E-state index in [1.165, 1.54) is 12.5 Å². The fourth-order valence-corrected chi connectivity index (χ4v) is 3.53. The average molecular weight is 554 g/mol. The molecule has 218 valence electrons. The van der Waals surface area contributed by atoms with E-state index in [9.17, 15) is 29.1 Å². The van der Waals surface area contributed by atoms with Crippen LogP contribution in [0.5, 0.6) is 0 Å². The summed E-state index contributed by atoms with van der Waals surface area (Å²) in [6.07, 6.45) is 2.89. The third-order valence-corrected chi connectivity index (χ3v) is 5.52. The van der Waals surface area contributed by atoms with E-state index >= 15 is 0 Å². The number of rotatable bonds is 18. The van der Waals surface area contributed by atoms with Crippen LogP contribution in [0.25, 0.3) is 0 Å². The van der Waals surface area contributed by atoms with Crippen molar-refractivity contribution in [3.8, 4) is 0 Å². The van der Waals surface area contributed by atoms with E-state index in [0.29, 0.717) is 12.1 Å². The van der Waals surface area contributed by atoms with Gasteiger partial charge in [-0.05, 0) is 31.6 Å². The second-order valence-corrected chi connectivity index (χ2v) is 9.42. The Morgan fingerprint density at radius 3 is 2.13 bits per heavy atom. The maximum absolute atomic E-state index is 13.3. The van der Waals surface area contributed by atoms with Crippen molar-refractivity contribution < 1.29 is 34.2 Å². The summed E-state index contributed by atoms with van der Waals surface area (Å²) in [5, 5.41) is 25.7. The minimum atomic E-state index is -1.46. The molecular formula is C23H39N9O7. The number of hydrogen-bond donors (Lipinski definition) is 9. The smallest absolute Gasteiger partial charge is 0.326 e. The Labute approximate surface area is 225 Å². The van der Waals surface area contributed by atoms with Gasteiger partial charge in [-0.3, -0.25) is 24.2 Å². The minimum absolute atomic E-state index is 0.00464. The molecule has 3 amide bonds. The van der Waals surface area contributed by atoms with Crippen molar-refractivity contribution >= 4 is 35.6 Å². The molecule has 0 radical (unpaired) electrons. The molecule has 1 aromatic heterocycles.